The summed E-state index contributed by atoms with van der Waals surface area (Å²) in [6.45, 7) is 0.861. The SMILES string of the molecule is COc1cccc(-c2ccc(OC3CN(C(=O)Nc4cccnn4)C3)nc2)c1F. The molecule has 0 bridgehead atoms. The van der Waals surface area contributed by atoms with Gasteiger partial charge in [-0.15, -0.1) is 5.10 Å². The fourth-order valence-corrected chi connectivity index (χ4v) is 2.91. The Morgan fingerprint density at radius 2 is 2.07 bits per heavy atom. The zero-order valence-electron chi connectivity index (χ0n) is 15.6. The van der Waals surface area contributed by atoms with Crippen LogP contribution in [0.2, 0.25) is 0 Å². The van der Waals surface area contributed by atoms with Crippen molar-refractivity contribution in [3.05, 3.63) is 60.7 Å². The predicted molar refractivity (Wildman–Crippen MR) is 103 cm³/mol. The third-order valence-corrected chi connectivity index (χ3v) is 4.46. The van der Waals surface area contributed by atoms with Crippen LogP contribution >= 0.6 is 0 Å². The van der Waals surface area contributed by atoms with Crippen molar-refractivity contribution in [3.63, 3.8) is 0 Å². The van der Waals surface area contributed by atoms with Crippen molar-refractivity contribution < 1.29 is 18.7 Å². The van der Waals surface area contributed by atoms with Crippen LogP contribution in [-0.4, -0.2) is 52.4 Å². The zero-order valence-corrected chi connectivity index (χ0v) is 15.6. The van der Waals surface area contributed by atoms with E-state index in [4.69, 9.17) is 9.47 Å². The first-order valence-electron chi connectivity index (χ1n) is 8.93. The molecular formula is C20H18FN5O3. The highest BCUT2D eigenvalue weighted by Crippen LogP contribution is 2.29. The van der Waals surface area contributed by atoms with Gasteiger partial charge in [0, 0.05) is 29.6 Å². The number of hydrogen-bond acceptors (Lipinski definition) is 6. The van der Waals surface area contributed by atoms with Gasteiger partial charge in [-0.3, -0.25) is 5.32 Å². The van der Waals surface area contributed by atoms with Crippen molar-refractivity contribution in [3.8, 4) is 22.8 Å². The van der Waals surface area contributed by atoms with Gasteiger partial charge in [-0.2, -0.15) is 5.10 Å². The van der Waals surface area contributed by atoms with Crippen molar-refractivity contribution in [1.29, 1.82) is 0 Å². The summed E-state index contributed by atoms with van der Waals surface area (Å²) in [4.78, 5) is 17.9. The number of hydrogen-bond donors (Lipinski definition) is 1. The van der Waals surface area contributed by atoms with Gasteiger partial charge in [0.05, 0.1) is 20.2 Å². The van der Waals surface area contributed by atoms with Gasteiger partial charge in [0.25, 0.3) is 0 Å². The molecule has 3 heterocycles. The molecule has 1 N–H and O–H groups in total. The maximum Gasteiger partial charge on any atom is 0.323 e. The molecule has 1 aliphatic heterocycles. The minimum Gasteiger partial charge on any atom is -0.494 e. The summed E-state index contributed by atoms with van der Waals surface area (Å²) >= 11 is 0. The number of urea groups is 1. The number of pyridine rings is 1. The van der Waals surface area contributed by atoms with E-state index >= 15 is 0 Å². The Morgan fingerprint density at radius 3 is 2.76 bits per heavy atom. The average molecular weight is 395 g/mol. The first kappa shape index (κ1) is 18.6. The number of amides is 2. The number of halogens is 1. The highest BCUT2D eigenvalue weighted by atomic mass is 19.1. The first-order chi connectivity index (χ1) is 14.1. The molecule has 1 fully saturated rings. The molecule has 3 aromatic rings. The number of carbonyl (C=O) groups is 1. The fourth-order valence-electron chi connectivity index (χ4n) is 2.91. The quantitative estimate of drug-likeness (QED) is 0.714. The molecule has 0 spiro atoms. The van der Waals surface area contributed by atoms with E-state index in [1.165, 1.54) is 13.3 Å². The van der Waals surface area contributed by atoms with E-state index in [-0.39, 0.29) is 17.9 Å². The first-order valence-corrected chi connectivity index (χ1v) is 8.93. The van der Waals surface area contributed by atoms with Crippen molar-refractivity contribution in [1.82, 2.24) is 20.1 Å². The largest absolute Gasteiger partial charge is 0.494 e. The maximum absolute atomic E-state index is 14.4. The molecule has 8 nitrogen and oxygen atoms in total. The van der Waals surface area contributed by atoms with Crippen LogP contribution in [0.3, 0.4) is 0 Å². The summed E-state index contributed by atoms with van der Waals surface area (Å²) in [6.07, 6.45) is 2.92. The van der Waals surface area contributed by atoms with Crippen LogP contribution in [0.15, 0.2) is 54.9 Å². The van der Waals surface area contributed by atoms with Crippen LogP contribution in [0.4, 0.5) is 15.0 Å². The van der Waals surface area contributed by atoms with Gasteiger partial charge in [0.1, 0.15) is 6.10 Å². The topological polar surface area (TPSA) is 89.5 Å². The lowest BCUT2D eigenvalue weighted by Crippen LogP contribution is -2.57. The predicted octanol–water partition coefficient (Wildman–Crippen LogP) is 2.98. The summed E-state index contributed by atoms with van der Waals surface area (Å²) in [5, 5.41) is 10.2. The maximum atomic E-state index is 14.4. The summed E-state index contributed by atoms with van der Waals surface area (Å²) in [6, 6.07) is 11.4. The van der Waals surface area contributed by atoms with Gasteiger partial charge >= 0.3 is 6.03 Å². The molecule has 1 aromatic carbocycles. The van der Waals surface area contributed by atoms with E-state index in [0.717, 1.165) is 0 Å². The number of anilines is 1. The molecule has 0 unspecified atom stereocenters. The Labute approximate surface area is 166 Å². The third kappa shape index (κ3) is 4.08. The van der Waals surface area contributed by atoms with Gasteiger partial charge in [0.15, 0.2) is 17.4 Å². The van der Waals surface area contributed by atoms with E-state index in [2.05, 4.69) is 20.5 Å². The van der Waals surface area contributed by atoms with Crippen molar-refractivity contribution in [2.75, 3.05) is 25.5 Å². The van der Waals surface area contributed by atoms with Crippen LogP contribution in [0.1, 0.15) is 0 Å². The number of rotatable bonds is 5. The average Bonchev–Trinajstić information content (AvgIpc) is 2.72. The number of nitrogens with one attached hydrogen (secondary N) is 1. The normalized spacial score (nSPS) is 13.5. The van der Waals surface area contributed by atoms with Crippen molar-refractivity contribution in [2.45, 2.75) is 6.10 Å². The number of likely N-dealkylation sites (tertiary alicyclic amines) is 1. The second kappa shape index (κ2) is 8.09. The minimum atomic E-state index is -0.436. The van der Waals surface area contributed by atoms with Crippen LogP contribution < -0.4 is 14.8 Å². The highest BCUT2D eigenvalue weighted by molar-refractivity contribution is 5.88. The van der Waals surface area contributed by atoms with E-state index in [9.17, 15) is 9.18 Å². The molecule has 2 aromatic heterocycles. The lowest BCUT2D eigenvalue weighted by atomic mass is 10.1. The number of aromatic nitrogens is 3. The van der Waals surface area contributed by atoms with Crippen LogP contribution in [0.5, 0.6) is 11.6 Å². The summed E-state index contributed by atoms with van der Waals surface area (Å²) in [7, 11) is 1.42. The molecular weight excluding hydrogens is 377 g/mol. The second-order valence-electron chi connectivity index (χ2n) is 6.39. The molecule has 0 saturated carbocycles. The lowest BCUT2D eigenvalue weighted by Gasteiger charge is -2.38. The van der Waals surface area contributed by atoms with Gasteiger partial charge in [-0.05, 0) is 24.3 Å². The summed E-state index contributed by atoms with van der Waals surface area (Å²) < 4.78 is 25.1. The van der Waals surface area contributed by atoms with E-state index in [1.807, 2.05) is 0 Å². The third-order valence-electron chi connectivity index (χ3n) is 4.46. The Kier molecular flexibility index (Phi) is 5.19. The molecule has 0 aliphatic carbocycles. The number of nitrogens with zero attached hydrogens (tertiary/aromatic N) is 4. The van der Waals surface area contributed by atoms with Crippen molar-refractivity contribution in [2.24, 2.45) is 0 Å². The van der Waals surface area contributed by atoms with Gasteiger partial charge in [-0.1, -0.05) is 12.1 Å². The molecule has 0 radical (unpaired) electrons. The molecule has 148 valence electrons. The number of carbonyl (C=O) groups excluding carboxylic acids is 1. The Balaban J connectivity index is 1.32. The smallest absolute Gasteiger partial charge is 0.323 e. The number of methoxy groups -OCH3 is 1. The highest BCUT2D eigenvalue weighted by Gasteiger charge is 2.32. The molecule has 1 aliphatic rings. The summed E-state index contributed by atoms with van der Waals surface area (Å²) in [5.41, 5.74) is 1.02. The van der Waals surface area contributed by atoms with Crippen LogP contribution in [-0.2, 0) is 0 Å². The van der Waals surface area contributed by atoms with Gasteiger partial charge in [-0.25, -0.2) is 14.2 Å². The van der Waals surface area contributed by atoms with Crippen LogP contribution in [0, 0.1) is 5.82 Å². The fraction of sp³-hybridized carbons (Fsp3) is 0.200. The van der Waals surface area contributed by atoms with Crippen LogP contribution in [0.25, 0.3) is 11.1 Å². The van der Waals surface area contributed by atoms with E-state index < -0.39 is 5.82 Å². The van der Waals surface area contributed by atoms with Crippen molar-refractivity contribution >= 4 is 11.8 Å². The molecule has 4 rings (SSSR count). The standard InChI is InChI=1S/C20H18FN5O3/c1-28-16-5-2-4-15(19(16)21)13-7-8-18(22-10-13)29-14-11-26(12-14)20(27)24-17-6-3-9-23-25-17/h2-10,14H,11-12H2,1H3,(H,24,25,27). The molecule has 2 amide bonds. The molecule has 9 heteroatoms. The molecule has 29 heavy (non-hydrogen) atoms. The zero-order chi connectivity index (χ0) is 20.2. The summed E-state index contributed by atoms with van der Waals surface area (Å²) in [5.74, 6) is 0.548. The minimum absolute atomic E-state index is 0.158. The Bertz CT molecular complexity index is 995. The number of ether oxygens (including phenoxy) is 2. The van der Waals surface area contributed by atoms with E-state index in [1.54, 1.807) is 53.6 Å². The number of benzene rings is 1. The Morgan fingerprint density at radius 1 is 1.21 bits per heavy atom. The lowest BCUT2D eigenvalue weighted by molar-refractivity contribution is 0.0461. The monoisotopic (exact) mass is 395 g/mol. The van der Waals surface area contributed by atoms with Gasteiger partial charge < -0.3 is 14.4 Å². The molecule has 0 atom stereocenters. The Hall–Kier alpha value is -3.75. The molecule has 1 saturated heterocycles. The van der Waals surface area contributed by atoms with Gasteiger partial charge in [0.2, 0.25) is 5.88 Å². The second-order valence-corrected chi connectivity index (χ2v) is 6.39. The van der Waals surface area contributed by atoms with E-state index in [0.29, 0.717) is 35.9 Å².